The molecule has 0 aromatic heterocycles. The molecule has 0 radical (unpaired) electrons. The van der Waals surface area contributed by atoms with Crippen LogP contribution in [0.15, 0.2) is 17.0 Å². The van der Waals surface area contributed by atoms with Crippen LogP contribution in [0, 0.1) is 29.9 Å². The number of benzene rings is 1. The van der Waals surface area contributed by atoms with Crippen molar-refractivity contribution >= 4 is 15.7 Å². The van der Waals surface area contributed by atoms with E-state index in [2.05, 4.69) is 4.72 Å². The minimum absolute atomic E-state index is 0.0226. The number of hydrogen-bond acceptors (Lipinski definition) is 5. The first kappa shape index (κ1) is 17.8. The smallest absolute Gasteiger partial charge is 0.271 e. The summed E-state index contributed by atoms with van der Waals surface area (Å²) in [6, 6.07) is 2.31. The van der Waals surface area contributed by atoms with E-state index in [1.54, 1.807) is 13.8 Å². The molecule has 1 aromatic carbocycles. The molecule has 1 aromatic rings. The number of nitrogens with zero attached hydrogens (tertiary/aromatic N) is 1. The van der Waals surface area contributed by atoms with Crippen LogP contribution in [-0.4, -0.2) is 25.9 Å². The summed E-state index contributed by atoms with van der Waals surface area (Å²) < 4.78 is 28.2. The molecule has 3 N–H and O–H groups in total. The van der Waals surface area contributed by atoms with E-state index in [4.69, 9.17) is 5.73 Å². The average molecular weight is 341 g/mol. The Morgan fingerprint density at radius 2 is 1.96 bits per heavy atom. The first-order valence-electron chi connectivity index (χ1n) is 7.74. The van der Waals surface area contributed by atoms with Crippen LogP contribution >= 0.6 is 0 Å². The number of non-ortho nitro benzene ring substituents is 1. The molecule has 23 heavy (non-hydrogen) atoms. The third-order valence-electron chi connectivity index (χ3n) is 4.62. The van der Waals surface area contributed by atoms with Gasteiger partial charge in [-0.15, -0.1) is 0 Å². The highest BCUT2D eigenvalue weighted by Gasteiger charge is 2.30. The monoisotopic (exact) mass is 341 g/mol. The van der Waals surface area contributed by atoms with Crippen molar-refractivity contribution in [3.05, 3.63) is 33.4 Å². The largest absolute Gasteiger partial charge is 0.330 e. The quantitative estimate of drug-likeness (QED) is 0.628. The lowest BCUT2D eigenvalue weighted by Gasteiger charge is -2.31. The van der Waals surface area contributed by atoms with Gasteiger partial charge in [0.2, 0.25) is 10.0 Å². The summed E-state index contributed by atoms with van der Waals surface area (Å²) in [7, 11) is -3.82. The minimum Gasteiger partial charge on any atom is -0.330 e. The van der Waals surface area contributed by atoms with Gasteiger partial charge in [0.15, 0.2) is 0 Å². The highest BCUT2D eigenvalue weighted by atomic mass is 32.2. The third-order valence-corrected chi connectivity index (χ3v) is 6.24. The van der Waals surface area contributed by atoms with E-state index in [0.717, 1.165) is 31.7 Å². The standard InChI is InChI=1S/C15H23N3O4S/c1-10-7-13(18(19)20)8-15(11(10)2)23(21,22)17-14-6-4-3-5-12(14)9-16/h7-8,12,14,17H,3-6,9,16H2,1-2H3. The van der Waals surface area contributed by atoms with E-state index in [0.29, 0.717) is 17.7 Å². The molecule has 0 aliphatic heterocycles. The van der Waals surface area contributed by atoms with Crippen LogP contribution in [-0.2, 0) is 10.0 Å². The van der Waals surface area contributed by atoms with Gasteiger partial charge in [-0.1, -0.05) is 12.8 Å². The van der Waals surface area contributed by atoms with Gasteiger partial charge in [0, 0.05) is 18.2 Å². The predicted molar refractivity (Wildman–Crippen MR) is 87.7 cm³/mol. The van der Waals surface area contributed by atoms with Crippen LogP contribution in [0.5, 0.6) is 0 Å². The summed E-state index contributed by atoms with van der Waals surface area (Å²) in [6.07, 6.45) is 3.65. The SMILES string of the molecule is Cc1cc([N+](=O)[O-])cc(S(=O)(=O)NC2CCCCC2CN)c1C. The van der Waals surface area contributed by atoms with Crippen LogP contribution in [0.3, 0.4) is 0 Å². The molecule has 1 aliphatic carbocycles. The van der Waals surface area contributed by atoms with Crippen molar-refractivity contribution in [3.8, 4) is 0 Å². The predicted octanol–water partition coefficient (Wildman–Crippen LogP) is 2.01. The molecule has 1 saturated carbocycles. The number of hydrogen-bond donors (Lipinski definition) is 2. The number of aryl methyl sites for hydroxylation is 1. The fraction of sp³-hybridized carbons (Fsp3) is 0.600. The summed E-state index contributed by atoms with van der Waals surface area (Å²) >= 11 is 0. The number of nitro benzene ring substituents is 1. The summed E-state index contributed by atoms with van der Waals surface area (Å²) in [5.74, 6) is 0.110. The Labute approximate surface area is 136 Å². The van der Waals surface area contributed by atoms with Gasteiger partial charge in [0.05, 0.1) is 9.82 Å². The second kappa shape index (κ2) is 6.94. The molecule has 1 fully saturated rings. The van der Waals surface area contributed by atoms with Gasteiger partial charge in [-0.3, -0.25) is 10.1 Å². The molecule has 2 unspecified atom stereocenters. The van der Waals surface area contributed by atoms with Crippen molar-refractivity contribution in [2.24, 2.45) is 11.7 Å². The Balaban J connectivity index is 2.37. The van der Waals surface area contributed by atoms with Gasteiger partial charge in [0.1, 0.15) is 0 Å². The number of nitro groups is 1. The third kappa shape index (κ3) is 3.88. The molecule has 0 saturated heterocycles. The van der Waals surface area contributed by atoms with Gasteiger partial charge in [0.25, 0.3) is 5.69 Å². The first-order valence-corrected chi connectivity index (χ1v) is 9.22. The zero-order chi connectivity index (χ0) is 17.2. The Morgan fingerprint density at radius 3 is 2.57 bits per heavy atom. The van der Waals surface area contributed by atoms with Gasteiger partial charge in [-0.25, -0.2) is 13.1 Å². The second-order valence-corrected chi connectivity index (χ2v) is 7.83. The molecule has 0 amide bonds. The summed E-state index contributed by atoms with van der Waals surface area (Å²) in [6.45, 7) is 3.76. The summed E-state index contributed by atoms with van der Waals surface area (Å²) in [5, 5.41) is 11.0. The van der Waals surface area contributed by atoms with Gasteiger partial charge in [-0.2, -0.15) is 0 Å². The van der Waals surface area contributed by atoms with Crippen LogP contribution in [0.25, 0.3) is 0 Å². The number of sulfonamides is 1. The van der Waals surface area contributed by atoms with Crippen molar-refractivity contribution in [2.75, 3.05) is 6.54 Å². The normalized spacial score (nSPS) is 22.0. The second-order valence-electron chi connectivity index (χ2n) is 6.15. The molecule has 2 rings (SSSR count). The van der Waals surface area contributed by atoms with E-state index < -0.39 is 14.9 Å². The van der Waals surface area contributed by atoms with E-state index in [1.807, 2.05) is 0 Å². The fourth-order valence-electron chi connectivity index (χ4n) is 3.10. The van der Waals surface area contributed by atoms with Gasteiger partial charge < -0.3 is 5.73 Å². The maximum absolute atomic E-state index is 12.7. The Morgan fingerprint density at radius 1 is 1.30 bits per heavy atom. The van der Waals surface area contributed by atoms with Crippen LogP contribution in [0.4, 0.5) is 5.69 Å². The lowest BCUT2D eigenvalue weighted by atomic mass is 9.85. The molecule has 1 aliphatic rings. The molecular formula is C15H23N3O4S. The first-order chi connectivity index (χ1) is 10.8. The Bertz CT molecular complexity index is 703. The molecule has 128 valence electrons. The van der Waals surface area contributed by atoms with E-state index in [1.165, 1.54) is 6.07 Å². The maximum Gasteiger partial charge on any atom is 0.271 e. The Hall–Kier alpha value is -1.51. The number of nitrogens with two attached hydrogens (primary N) is 1. The zero-order valence-electron chi connectivity index (χ0n) is 13.4. The molecular weight excluding hydrogens is 318 g/mol. The summed E-state index contributed by atoms with van der Waals surface area (Å²) in [4.78, 5) is 10.4. The minimum atomic E-state index is -3.82. The van der Waals surface area contributed by atoms with Crippen LogP contribution in [0.2, 0.25) is 0 Å². The van der Waals surface area contributed by atoms with Crippen molar-refractivity contribution in [1.29, 1.82) is 0 Å². The number of nitrogens with one attached hydrogen (secondary N) is 1. The van der Waals surface area contributed by atoms with Crippen molar-refractivity contribution in [3.63, 3.8) is 0 Å². The lowest BCUT2D eigenvalue weighted by molar-refractivity contribution is -0.385. The van der Waals surface area contributed by atoms with E-state index in [9.17, 15) is 18.5 Å². The topological polar surface area (TPSA) is 115 Å². The highest BCUT2D eigenvalue weighted by molar-refractivity contribution is 7.89. The zero-order valence-corrected chi connectivity index (χ0v) is 14.2. The maximum atomic E-state index is 12.7. The fourth-order valence-corrected chi connectivity index (χ4v) is 4.78. The highest BCUT2D eigenvalue weighted by Crippen LogP contribution is 2.28. The number of rotatable bonds is 5. The molecule has 0 spiro atoms. The van der Waals surface area contributed by atoms with Crippen LogP contribution < -0.4 is 10.5 Å². The van der Waals surface area contributed by atoms with Gasteiger partial charge >= 0.3 is 0 Å². The molecule has 2 atom stereocenters. The molecule has 0 heterocycles. The lowest BCUT2D eigenvalue weighted by Crippen LogP contribution is -2.44. The summed E-state index contributed by atoms with van der Waals surface area (Å²) in [5.41, 5.74) is 6.64. The molecule has 0 bridgehead atoms. The van der Waals surface area contributed by atoms with Gasteiger partial charge in [-0.05, 0) is 50.3 Å². The van der Waals surface area contributed by atoms with E-state index >= 15 is 0 Å². The molecule has 8 heteroatoms. The van der Waals surface area contributed by atoms with Crippen molar-refractivity contribution < 1.29 is 13.3 Å². The average Bonchev–Trinajstić information content (AvgIpc) is 2.49. The van der Waals surface area contributed by atoms with E-state index in [-0.39, 0.29) is 22.5 Å². The van der Waals surface area contributed by atoms with Crippen molar-refractivity contribution in [1.82, 2.24) is 4.72 Å². The molecule has 7 nitrogen and oxygen atoms in total. The van der Waals surface area contributed by atoms with Crippen LogP contribution in [0.1, 0.15) is 36.8 Å². The van der Waals surface area contributed by atoms with Crippen molar-refractivity contribution in [2.45, 2.75) is 50.5 Å². The Kier molecular flexibility index (Phi) is 5.38.